The minimum Gasteiger partial charge on any atom is -0.496 e. The summed E-state index contributed by atoms with van der Waals surface area (Å²) in [6.07, 6.45) is -1.36. The lowest BCUT2D eigenvalue weighted by atomic mass is 9.98. The van der Waals surface area contributed by atoms with E-state index in [0.29, 0.717) is 22.4 Å². The van der Waals surface area contributed by atoms with Crippen LogP contribution in [0.5, 0.6) is 5.75 Å². The quantitative estimate of drug-likeness (QED) is 0.828. The first kappa shape index (κ1) is 13.4. The van der Waals surface area contributed by atoms with Crippen LogP contribution in [0.15, 0.2) is 6.07 Å². The standard InChI is InChI=1S/C13H14O6/c1-6-4-8(5-18-7(2)14)9-10(11(6)17-3)13(16)19-12(9)15/h4,12,15H,5H2,1-3H3/t12-/m0/s1. The molecule has 1 aliphatic rings. The van der Waals surface area contributed by atoms with Gasteiger partial charge in [0.05, 0.1) is 7.11 Å². The fourth-order valence-electron chi connectivity index (χ4n) is 2.15. The highest BCUT2D eigenvalue weighted by molar-refractivity contribution is 5.97. The summed E-state index contributed by atoms with van der Waals surface area (Å²) in [7, 11) is 1.44. The van der Waals surface area contributed by atoms with Gasteiger partial charge in [0.15, 0.2) is 0 Å². The summed E-state index contributed by atoms with van der Waals surface area (Å²) in [5.74, 6) is -0.725. The second kappa shape index (κ2) is 4.89. The van der Waals surface area contributed by atoms with E-state index in [4.69, 9.17) is 14.2 Å². The maximum absolute atomic E-state index is 11.7. The molecule has 0 saturated heterocycles. The van der Waals surface area contributed by atoms with Crippen molar-refractivity contribution in [1.29, 1.82) is 0 Å². The van der Waals surface area contributed by atoms with Crippen molar-refractivity contribution in [3.8, 4) is 5.75 Å². The normalized spacial score (nSPS) is 16.8. The second-order valence-electron chi connectivity index (χ2n) is 4.21. The Balaban J connectivity index is 2.55. The minimum absolute atomic E-state index is 0.0315. The molecule has 1 aromatic carbocycles. The van der Waals surface area contributed by atoms with E-state index in [1.807, 2.05) is 0 Å². The van der Waals surface area contributed by atoms with Crippen LogP contribution in [0.4, 0.5) is 0 Å². The summed E-state index contributed by atoms with van der Waals surface area (Å²) < 4.78 is 14.8. The lowest BCUT2D eigenvalue weighted by molar-refractivity contribution is -0.142. The molecule has 0 radical (unpaired) electrons. The highest BCUT2D eigenvalue weighted by atomic mass is 16.6. The third-order valence-electron chi connectivity index (χ3n) is 2.90. The molecule has 0 aliphatic carbocycles. The first-order valence-electron chi connectivity index (χ1n) is 5.68. The number of benzene rings is 1. The number of aliphatic hydroxyl groups is 1. The Kier molecular flexibility index (Phi) is 3.44. The molecule has 0 amide bonds. The number of cyclic esters (lactones) is 1. The van der Waals surface area contributed by atoms with Crippen molar-refractivity contribution in [1.82, 2.24) is 0 Å². The van der Waals surface area contributed by atoms with E-state index in [1.165, 1.54) is 14.0 Å². The lowest BCUT2D eigenvalue weighted by Crippen LogP contribution is -2.07. The van der Waals surface area contributed by atoms with Gasteiger partial charge in [-0.1, -0.05) is 0 Å². The van der Waals surface area contributed by atoms with Gasteiger partial charge in [0.1, 0.15) is 17.9 Å². The van der Waals surface area contributed by atoms with Gasteiger partial charge in [0.25, 0.3) is 0 Å². The van der Waals surface area contributed by atoms with Gasteiger partial charge in [-0.2, -0.15) is 0 Å². The number of methoxy groups -OCH3 is 1. The number of carbonyl (C=O) groups is 2. The molecule has 0 spiro atoms. The fraction of sp³-hybridized carbons (Fsp3) is 0.385. The van der Waals surface area contributed by atoms with Crippen LogP contribution in [0.25, 0.3) is 0 Å². The third-order valence-corrected chi connectivity index (χ3v) is 2.90. The number of ether oxygens (including phenoxy) is 3. The third kappa shape index (κ3) is 2.26. The Labute approximate surface area is 109 Å². The molecule has 19 heavy (non-hydrogen) atoms. The molecule has 6 heteroatoms. The predicted molar refractivity (Wildman–Crippen MR) is 63.6 cm³/mol. The molecule has 1 aliphatic heterocycles. The lowest BCUT2D eigenvalue weighted by Gasteiger charge is -2.13. The summed E-state index contributed by atoms with van der Waals surface area (Å²) in [5.41, 5.74) is 1.72. The van der Waals surface area contributed by atoms with Gasteiger partial charge in [-0.25, -0.2) is 4.79 Å². The Hall–Kier alpha value is -2.08. The molecule has 1 aromatic rings. The second-order valence-corrected chi connectivity index (χ2v) is 4.21. The van der Waals surface area contributed by atoms with E-state index in [-0.39, 0.29) is 12.2 Å². The summed E-state index contributed by atoms with van der Waals surface area (Å²) >= 11 is 0. The van der Waals surface area contributed by atoms with Gasteiger partial charge in [-0.3, -0.25) is 4.79 Å². The number of hydrogen-bond acceptors (Lipinski definition) is 6. The predicted octanol–water partition coefficient (Wildman–Crippen LogP) is 1.23. The highest BCUT2D eigenvalue weighted by Crippen LogP contribution is 2.39. The van der Waals surface area contributed by atoms with Crippen molar-refractivity contribution in [2.24, 2.45) is 0 Å². The van der Waals surface area contributed by atoms with E-state index >= 15 is 0 Å². The molecule has 0 fully saturated rings. The first-order valence-corrected chi connectivity index (χ1v) is 5.68. The highest BCUT2D eigenvalue weighted by Gasteiger charge is 2.36. The van der Waals surface area contributed by atoms with Crippen molar-refractivity contribution in [3.05, 3.63) is 28.3 Å². The van der Waals surface area contributed by atoms with Crippen molar-refractivity contribution in [2.45, 2.75) is 26.7 Å². The summed E-state index contributed by atoms with van der Waals surface area (Å²) in [6, 6.07) is 1.70. The number of hydrogen-bond donors (Lipinski definition) is 1. The van der Waals surface area contributed by atoms with Gasteiger partial charge in [-0.05, 0) is 18.6 Å². The Morgan fingerprint density at radius 2 is 2.21 bits per heavy atom. The van der Waals surface area contributed by atoms with Crippen LogP contribution in [-0.4, -0.2) is 24.2 Å². The number of rotatable bonds is 3. The SMILES string of the molecule is COc1c(C)cc(COC(C)=O)c2c1C(=O)O[C@@H]2O. The molecule has 102 valence electrons. The van der Waals surface area contributed by atoms with Gasteiger partial charge in [-0.15, -0.1) is 0 Å². The van der Waals surface area contributed by atoms with Gasteiger partial charge < -0.3 is 19.3 Å². The number of fused-ring (bicyclic) bond motifs is 1. The van der Waals surface area contributed by atoms with Crippen molar-refractivity contribution < 1.29 is 28.9 Å². The molecule has 6 nitrogen and oxygen atoms in total. The van der Waals surface area contributed by atoms with Crippen LogP contribution < -0.4 is 4.74 Å². The molecule has 0 bridgehead atoms. The van der Waals surface area contributed by atoms with Crippen LogP contribution in [0.2, 0.25) is 0 Å². The smallest absolute Gasteiger partial charge is 0.345 e. The maximum Gasteiger partial charge on any atom is 0.345 e. The summed E-state index contributed by atoms with van der Waals surface area (Å²) in [4.78, 5) is 22.6. The molecule has 1 atom stereocenters. The topological polar surface area (TPSA) is 82.1 Å². The molecular formula is C13H14O6. The van der Waals surface area contributed by atoms with E-state index in [2.05, 4.69) is 0 Å². The van der Waals surface area contributed by atoms with Gasteiger partial charge >= 0.3 is 11.9 Å². The Morgan fingerprint density at radius 3 is 2.79 bits per heavy atom. The van der Waals surface area contributed by atoms with E-state index in [9.17, 15) is 14.7 Å². The van der Waals surface area contributed by atoms with Crippen LogP contribution in [0.1, 0.15) is 40.3 Å². The van der Waals surface area contributed by atoms with Crippen LogP contribution in [-0.2, 0) is 20.9 Å². The van der Waals surface area contributed by atoms with Crippen molar-refractivity contribution in [2.75, 3.05) is 7.11 Å². The van der Waals surface area contributed by atoms with Crippen LogP contribution in [0, 0.1) is 6.92 Å². The average Bonchev–Trinajstić information content (AvgIpc) is 2.62. The average molecular weight is 266 g/mol. The zero-order valence-electron chi connectivity index (χ0n) is 10.9. The maximum atomic E-state index is 11.7. The molecule has 1 N–H and O–H groups in total. The molecular weight excluding hydrogens is 252 g/mol. The number of carbonyl (C=O) groups excluding carboxylic acids is 2. The number of aliphatic hydroxyl groups excluding tert-OH is 1. The zero-order valence-corrected chi connectivity index (χ0v) is 10.9. The monoisotopic (exact) mass is 266 g/mol. The van der Waals surface area contributed by atoms with Gasteiger partial charge in [0, 0.05) is 18.1 Å². The Morgan fingerprint density at radius 1 is 1.53 bits per heavy atom. The van der Waals surface area contributed by atoms with Crippen LogP contribution >= 0.6 is 0 Å². The van der Waals surface area contributed by atoms with Crippen molar-refractivity contribution in [3.63, 3.8) is 0 Å². The molecule has 1 heterocycles. The molecule has 0 unspecified atom stereocenters. The van der Waals surface area contributed by atoms with Crippen molar-refractivity contribution >= 4 is 11.9 Å². The zero-order chi connectivity index (χ0) is 14.2. The fourth-order valence-corrected chi connectivity index (χ4v) is 2.15. The molecule has 0 aromatic heterocycles. The largest absolute Gasteiger partial charge is 0.496 e. The van der Waals surface area contributed by atoms with E-state index in [1.54, 1.807) is 13.0 Å². The van der Waals surface area contributed by atoms with E-state index in [0.717, 1.165) is 0 Å². The molecule has 0 saturated carbocycles. The molecule has 2 rings (SSSR count). The minimum atomic E-state index is -1.36. The first-order chi connectivity index (χ1) is 8.95. The number of aryl methyl sites for hydroxylation is 1. The number of esters is 2. The summed E-state index contributed by atoms with van der Waals surface area (Å²) in [6.45, 7) is 3.01. The van der Waals surface area contributed by atoms with Crippen LogP contribution in [0.3, 0.4) is 0 Å². The summed E-state index contributed by atoms with van der Waals surface area (Å²) in [5, 5.41) is 9.77. The Bertz CT molecular complexity index is 549. The van der Waals surface area contributed by atoms with E-state index < -0.39 is 18.2 Å². The van der Waals surface area contributed by atoms with Gasteiger partial charge in [0.2, 0.25) is 6.29 Å².